The van der Waals surface area contributed by atoms with E-state index in [9.17, 15) is 15.0 Å². The molecule has 1 aliphatic rings. The molecule has 0 amide bonds. The predicted molar refractivity (Wildman–Crippen MR) is 197 cm³/mol. The third-order valence-electron chi connectivity index (χ3n) is 9.63. The number of aromatic hydroxyl groups is 2. The molecule has 0 spiro atoms. The van der Waals surface area contributed by atoms with Crippen molar-refractivity contribution in [2.24, 2.45) is 0 Å². The molecule has 0 aromatic heterocycles. The normalized spacial score (nSPS) is 15.8. The van der Waals surface area contributed by atoms with Crippen LogP contribution in [0.2, 0.25) is 0 Å². The molecule has 47 heavy (non-hydrogen) atoms. The van der Waals surface area contributed by atoms with Crippen LogP contribution < -0.4 is 5.32 Å². The Morgan fingerprint density at radius 3 is 1.02 bits per heavy atom. The van der Waals surface area contributed by atoms with Crippen LogP contribution in [0.3, 0.4) is 0 Å². The summed E-state index contributed by atoms with van der Waals surface area (Å²) in [7, 11) is 0. The maximum atomic E-state index is 14.0. The van der Waals surface area contributed by atoms with Crippen LogP contribution in [-0.2, 0) is 31.0 Å². The van der Waals surface area contributed by atoms with Gasteiger partial charge < -0.3 is 15.5 Å². The van der Waals surface area contributed by atoms with Crippen LogP contribution in [0.5, 0.6) is 11.5 Å². The molecule has 0 saturated carbocycles. The molecular formula is C39H61N5O3. The number of nitrogens with one attached hydrogen (secondary N) is 1. The van der Waals surface area contributed by atoms with Gasteiger partial charge in [0.25, 0.3) is 0 Å². The van der Waals surface area contributed by atoms with E-state index in [0.717, 1.165) is 85.7 Å². The van der Waals surface area contributed by atoms with Crippen molar-refractivity contribution in [2.75, 3.05) is 65.4 Å². The molecule has 1 aliphatic heterocycles. The number of rotatable bonds is 18. The molecule has 1 saturated heterocycles. The molecule has 8 nitrogen and oxygen atoms in total. The van der Waals surface area contributed by atoms with Gasteiger partial charge in [-0.05, 0) is 99.9 Å². The molecular weight excluding hydrogens is 586 g/mol. The third kappa shape index (κ3) is 10.5. The largest absolute Gasteiger partial charge is 0.507 e. The summed E-state index contributed by atoms with van der Waals surface area (Å²) in [6, 6.07) is 8.15. The lowest BCUT2D eigenvalue weighted by atomic mass is 9.93. The summed E-state index contributed by atoms with van der Waals surface area (Å²) in [4.78, 5) is 23.2. The van der Waals surface area contributed by atoms with E-state index in [2.05, 4.69) is 80.3 Å². The number of hydrogen-bond acceptors (Lipinski definition) is 8. The van der Waals surface area contributed by atoms with Crippen molar-refractivity contribution in [3.63, 3.8) is 0 Å². The van der Waals surface area contributed by atoms with Crippen LogP contribution in [0, 0.1) is 0 Å². The quantitative estimate of drug-likeness (QED) is 0.168. The molecule has 0 atom stereocenters. The van der Waals surface area contributed by atoms with Gasteiger partial charge in [-0.1, -0.05) is 55.4 Å². The second-order valence-corrected chi connectivity index (χ2v) is 12.5. The van der Waals surface area contributed by atoms with E-state index in [1.807, 2.05) is 36.4 Å². The highest BCUT2D eigenvalue weighted by molar-refractivity contribution is 6.14. The summed E-state index contributed by atoms with van der Waals surface area (Å²) >= 11 is 0. The van der Waals surface area contributed by atoms with Crippen LogP contribution >= 0.6 is 0 Å². The Labute approximate surface area is 284 Å². The third-order valence-corrected chi connectivity index (χ3v) is 9.63. The van der Waals surface area contributed by atoms with E-state index in [0.29, 0.717) is 61.9 Å². The van der Waals surface area contributed by atoms with Crippen LogP contribution in [0.1, 0.15) is 88.8 Å². The first-order valence-corrected chi connectivity index (χ1v) is 17.9. The van der Waals surface area contributed by atoms with E-state index in [-0.39, 0.29) is 5.78 Å². The number of benzene rings is 2. The van der Waals surface area contributed by atoms with Crippen molar-refractivity contribution in [2.45, 2.75) is 81.6 Å². The molecule has 3 rings (SSSR count). The van der Waals surface area contributed by atoms with E-state index in [4.69, 9.17) is 0 Å². The van der Waals surface area contributed by atoms with Crippen molar-refractivity contribution in [3.05, 3.63) is 68.8 Å². The summed E-state index contributed by atoms with van der Waals surface area (Å²) in [6.07, 6.45) is 3.99. The molecule has 0 aliphatic carbocycles. The standard InChI is InChI=1S/C39H61N5O3/c1-9-41(10-2)25-33-19-29(20-34(38(33)46)26-42(11-3)12-4)17-31-23-40-24-32(37(31)45)18-30-21-35(27-43(13-5)14-6)39(47)36(22-30)28-44(15-7)16-8/h17-22,40,46-47H,9-16,23-28H2,1-8H3. The van der Waals surface area contributed by atoms with Gasteiger partial charge in [-0.25, -0.2) is 0 Å². The number of Topliss-reactive ketones (excluding diaryl/α,β-unsaturated/α-hetero) is 1. The topological polar surface area (TPSA) is 82.5 Å². The molecule has 0 radical (unpaired) electrons. The fourth-order valence-corrected chi connectivity index (χ4v) is 6.31. The fraction of sp³-hybridized carbons (Fsp3) is 0.564. The Kier molecular flexibility index (Phi) is 15.6. The number of phenolic OH excluding ortho intramolecular Hbond substituents is 2. The zero-order valence-electron chi connectivity index (χ0n) is 30.5. The lowest BCUT2D eigenvalue weighted by molar-refractivity contribution is -0.112. The zero-order valence-corrected chi connectivity index (χ0v) is 30.5. The lowest BCUT2D eigenvalue weighted by Gasteiger charge is -2.24. The summed E-state index contributed by atoms with van der Waals surface area (Å²) < 4.78 is 0. The molecule has 0 unspecified atom stereocenters. The van der Waals surface area contributed by atoms with Gasteiger partial charge in [0.15, 0.2) is 5.78 Å². The first-order valence-electron chi connectivity index (χ1n) is 17.9. The van der Waals surface area contributed by atoms with Gasteiger partial charge in [0.1, 0.15) is 11.5 Å². The van der Waals surface area contributed by atoms with Gasteiger partial charge in [-0.3, -0.25) is 24.4 Å². The smallest absolute Gasteiger partial charge is 0.187 e. The van der Waals surface area contributed by atoms with E-state index in [1.54, 1.807) is 0 Å². The number of carbonyl (C=O) groups excluding carboxylic acids is 1. The molecule has 2 aromatic rings. The van der Waals surface area contributed by atoms with E-state index in [1.165, 1.54) is 0 Å². The summed E-state index contributed by atoms with van der Waals surface area (Å²) in [5.74, 6) is 0.747. The van der Waals surface area contributed by atoms with Crippen molar-refractivity contribution >= 4 is 17.9 Å². The molecule has 8 heteroatoms. The number of piperidine rings is 1. The van der Waals surface area contributed by atoms with Gasteiger partial charge in [0.2, 0.25) is 0 Å². The van der Waals surface area contributed by atoms with Crippen molar-refractivity contribution in [1.82, 2.24) is 24.9 Å². The second kappa shape index (κ2) is 19.1. The lowest BCUT2D eigenvalue weighted by Crippen LogP contribution is -2.32. The fourth-order valence-electron chi connectivity index (χ4n) is 6.31. The van der Waals surface area contributed by atoms with Crippen molar-refractivity contribution < 1.29 is 15.0 Å². The molecule has 3 N–H and O–H groups in total. The van der Waals surface area contributed by atoms with Gasteiger partial charge in [0.05, 0.1) is 0 Å². The Hall–Kier alpha value is -3.01. The Balaban J connectivity index is 2.05. The Morgan fingerprint density at radius 1 is 0.532 bits per heavy atom. The first-order chi connectivity index (χ1) is 22.6. The molecule has 1 fully saturated rings. The van der Waals surface area contributed by atoms with Crippen LogP contribution in [-0.4, -0.2) is 101 Å². The number of nitrogens with zero attached hydrogens (tertiary/aromatic N) is 4. The predicted octanol–water partition coefficient (Wildman–Crippen LogP) is 6.10. The molecule has 1 heterocycles. The maximum absolute atomic E-state index is 14.0. The zero-order chi connectivity index (χ0) is 34.5. The van der Waals surface area contributed by atoms with Crippen LogP contribution in [0.15, 0.2) is 35.4 Å². The average molecular weight is 648 g/mol. The van der Waals surface area contributed by atoms with Crippen LogP contribution in [0.4, 0.5) is 0 Å². The minimum absolute atomic E-state index is 0.0380. The minimum Gasteiger partial charge on any atom is -0.507 e. The number of phenols is 2. The highest BCUT2D eigenvalue weighted by Crippen LogP contribution is 2.31. The van der Waals surface area contributed by atoms with E-state index >= 15 is 0 Å². The summed E-state index contributed by atoms with van der Waals surface area (Å²) in [6.45, 7) is 27.9. The minimum atomic E-state index is 0.0380. The Morgan fingerprint density at radius 2 is 0.787 bits per heavy atom. The maximum Gasteiger partial charge on any atom is 0.187 e. The molecule has 0 bridgehead atoms. The second-order valence-electron chi connectivity index (χ2n) is 12.5. The molecule has 260 valence electrons. The molecule has 2 aromatic carbocycles. The Bertz CT molecular complexity index is 1200. The number of hydrogen-bond donors (Lipinski definition) is 3. The summed E-state index contributed by atoms with van der Waals surface area (Å²) in [5.41, 5.74) is 6.86. The number of ketones is 1. The van der Waals surface area contributed by atoms with Gasteiger partial charge in [0, 0.05) is 72.7 Å². The van der Waals surface area contributed by atoms with Gasteiger partial charge in [-0.15, -0.1) is 0 Å². The highest BCUT2D eigenvalue weighted by atomic mass is 16.3. The highest BCUT2D eigenvalue weighted by Gasteiger charge is 2.22. The van der Waals surface area contributed by atoms with Crippen molar-refractivity contribution in [1.29, 1.82) is 0 Å². The van der Waals surface area contributed by atoms with Gasteiger partial charge >= 0.3 is 0 Å². The number of carbonyl (C=O) groups is 1. The monoisotopic (exact) mass is 647 g/mol. The van der Waals surface area contributed by atoms with Crippen LogP contribution in [0.25, 0.3) is 12.2 Å². The van der Waals surface area contributed by atoms with Gasteiger partial charge in [-0.2, -0.15) is 0 Å². The van der Waals surface area contributed by atoms with Crippen molar-refractivity contribution in [3.8, 4) is 11.5 Å². The SMILES string of the molecule is CCN(CC)Cc1cc(C=C2CNCC(=Cc3cc(CN(CC)CC)c(O)c(CN(CC)CC)c3)C2=O)cc(CN(CC)CC)c1O. The van der Waals surface area contributed by atoms with E-state index < -0.39 is 0 Å². The first kappa shape index (κ1) is 38.4. The average Bonchev–Trinajstić information content (AvgIpc) is 3.08. The summed E-state index contributed by atoms with van der Waals surface area (Å²) in [5, 5.41) is 26.1.